The predicted octanol–water partition coefficient (Wildman–Crippen LogP) is 4.59. The van der Waals surface area contributed by atoms with Gasteiger partial charge in [0.05, 0.1) is 5.02 Å². The molecule has 1 heterocycles. The van der Waals surface area contributed by atoms with E-state index in [-0.39, 0.29) is 34.6 Å². The zero-order chi connectivity index (χ0) is 14.3. The summed E-state index contributed by atoms with van der Waals surface area (Å²) in [6.45, 7) is 8.67. The zero-order valence-electron chi connectivity index (χ0n) is 12.3. The van der Waals surface area contributed by atoms with Crippen molar-refractivity contribution in [3.63, 3.8) is 0 Å². The first-order chi connectivity index (χ1) is 8.67. The van der Waals surface area contributed by atoms with Gasteiger partial charge in [-0.05, 0) is 39.8 Å². The number of rotatable bonds is 2. The van der Waals surface area contributed by atoms with Crippen LogP contribution in [0, 0.1) is 5.82 Å². The molecule has 0 aliphatic carbocycles. The summed E-state index contributed by atoms with van der Waals surface area (Å²) >= 11 is 5.78. The summed E-state index contributed by atoms with van der Waals surface area (Å²) in [7, 11) is 0. The molecule has 0 spiro atoms. The van der Waals surface area contributed by atoms with Gasteiger partial charge in [-0.15, -0.1) is 12.4 Å². The lowest BCUT2D eigenvalue weighted by atomic mass is 9.81. The molecule has 1 N–H and O–H groups in total. The molecule has 1 aromatic carbocycles. The van der Waals surface area contributed by atoms with E-state index < -0.39 is 5.82 Å². The van der Waals surface area contributed by atoms with E-state index in [1.807, 2.05) is 0 Å². The zero-order valence-corrected chi connectivity index (χ0v) is 13.9. The van der Waals surface area contributed by atoms with E-state index in [1.54, 1.807) is 12.1 Å². The molecule has 1 aliphatic heterocycles. The number of hydrogen-bond donors (Lipinski definition) is 1. The fourth-order valence-corrected chi connectivity index (χ4v) is 3.23. The highest BCUT2D eigenvalue weighted by Gasteiger charge is 2.38. The van der Waals surface area contributed by atoms with Crippen molar-refractivity contribution in [2.24, 2.45) is 0 Å². The van der Waals surface area contributed by atoms with Gasteiger partial charge in [-0.1, -0.05) is 11.6 Å². The van der Waals surface area contributed by atoms with Gasteiger partial charge in [0.15, 0.2) is 0 Å². The van der Waals surface area contributed by atoms with Crippen LogP contribution in [0.3, 0.4) is 0 Å². The molecule has 1 aromatic rings. The van der Waals surface area contributed by atoms with E-state index >= 15 is 0 Å². The molecule has 0 amide bonds. The molecule has 0 saturated carbocycles. The quantitative estimate of drug-likeness (QED) is 0.860. The fraction of sp³-hybridized carbons (Fsp3) is 0.600. The minimum absolute atomic E-state index is 0. The van der Waals surface area contributed by atoms with E-state index in [2.05, 4.69) is 33.0 Å². The van der Waals surface area contributed by atoms with Crippen molar-refractivity contribution in [2.75, 3.05) is 0 Å². The molecule has 2 rings (SSSR count). The van der Waals surface area contributed by atoms with Crippen LogP contribution in [0.25, 0.3) is 0 Å². The monoisotopic (exact) mass is 321 g/mol. The van der Waals surface area contributed by atoms with E-state index in [0.29, 0.717) is 5.75 Å². The summed E-state index contributed by atoms with van der Waals surface area (Å²) in [6, 6.07) is 4.51. The van der Waals surface area contributed by atoms with Gasteiger partial charge >= 0.3 is 0 Å². The molecule has 0 radical (unpaired) electrons. The van der Waals surface area contributed by atoms with Crippen molar-refractivity contribution in [3.05, 3.63) is 29.0 Å². The Morgan fingerprint density at radius 2 is 1.75 bits per heavy atom. The van der Waals surface area contributed by atoms with Gasteiger partial charge in [-0.3, -0.25) is 0 Å². The summed E-state index contributed by atoms with van der Waals surface area (Å²) in [5, 5.41) is 3.70. The van der Waals surface area contributed by atoms with Crippen LogP contribution in [-0.2, 0) is 0 Å². The predicted molar refractivity (Wildman–Crippen MR) is 83.6 cm³/mol. The van der Waals surface area contributed by atoms with Crippen molar-refractivity contribution in [1.82, 2.24) is 5.32 Å². The van der Waals surface area contributed by atoms with Crippen molar-refractivity contribution in [3.8, 4) is 5.75 Å². The maximum Gasteiger partial charge on any atom is 0.142 e. The van der Waals surface area contributed by atoms with Gasteiger partial charge in [0, 0.05) is 30.0 Å². The summed E-state index contributed by atoms with van der Waals surface area (Å²) < 4.78 is 19.1. The smallest absolute Gasteiger partial charge is 0.142 e. The normalized spacial score (nSPS) is 21.1. The molecule has 1 fully saturated rings. The van der Waals surface area contributed by atoms with E-state index in [0.717, 1.165) is 12.8 Å². The highest BCUT2D eigenvalue weighted by molar-refractivity contribution is 6.30. The van der Waals surface area contributed by atoms with Crippen molar-refractivity contribution in [2.45, 2.75) is 57.7 Å². The van der Waals surface area contributed by atoms with Crippen LogP contribution in [0.5, 0.6) is 5.75 Å². The van der Waals surface area contributed by atoms with Crippen LogP contribution >= 0.6 is 24.0 Å². The average molecular weight is 322 g/mol. The molecule has 20 heavy (non-hydrogen) atoms. The Bertz CT molecular complexity index is 461. The fourth-order valence-electron chi connectivity index (χ4n) is 3.05. The van der Waals surface area contributed by atoms with Gasteiger partial charge in [0.1, 0.15) is 17.7 Å². The second-order valence-corrected chi connectivity index (χ2v) is 7.02. The molecule has 0 atom stereocenters. The molecular formula is C15H22Cl2FNO. The van der Waals surface area contributed by atoms with Crippen LogP contribution in [-0.4, -0.2) is 17.2 Å². The van der Waals surface area contributed by atoms with E-state index in [4.69, 9.17) is 16.3 Å². The van der Waals surface area contributed by atoms with Gasteiger partial charge in [-0.25, -0.2) is 4.39 Å². The van der Waals surface area contributed by atoms with Gasteiger partial charge in [0.25, 0.3) is 0 Å². The molecule has 2 nitrogen and oxygen atoms in total. The van der Waals surface area contributed by atoms with Crippen LogP contribution < -0.4 is 10.1 Å². The van der Waals surface area contributed by atoms with Gasteiger partial charge in [0.2, 0.25) is 0 Å². The first-order valence-corrected chi connectivity index (χ1v) is 6.96. The maximum absolute atomic E-state index is 13.1. The topological polar surface area (TPSA) is 21.3 Å². The summed E-state index contributed by atoms with van der Waals surface area (Å²) in [5.74, 6) is 0.213. The lowest BCUT2D eigenvalue weighted by Crippen LogP contribution is -2.60. The Kier molecular flexibility index (Phi) is 5.34. The number of nitrogens with one attached hydrogen (secondary N) is 1. The van der Waals surface area contributed by atoms with Gasteiger partial charge in [-0.2, -0.15) is 0 Å². The Hall–Kier alpha value is -0.510. The molecule has 0 bridgehead atoms. The minimum atomic E-state index is -0.417. The molecule has 0 unspecified atom stereocenters. The van der Waals surface area contributed by atoms with Crippen molar-refractivity contribution < 1.29 is 9.13 Å². The lowest BCUT2D eigenvalue weighted by Gasteiger charge is -2.46. The Labute approximate surface area is 131 Å². The number of halogens is 3. The van der Waals surface area contributed by atoms with Crippen LogP contribution in [0.4, 0.5) is 4.39 Å². The molecule has 114 valence electrons. The Balaban J connectivity index is 0.00000200. The van der Waals surface area contributed by atoms with Crippen LogP contribution in [0.2, 0.25) is 5.02 Å². The number of ether oxygens (including phenoxy) is 1. The third-order valence-electron chi connectivity index (χ3n) is 3.35. The SMILES string of the molecule is CC1(C)CC(Oc2ccc(F)c(Cl)c2)CC(C)(C)N1.Cl. The van der Waals surface area contributed by atoms with Crippen LogP contribution in [0.1, 0.15) is 40.5 Å². The largest absolute Gasteiger partial charge is 0.490 e. The Morgan fingerprint density at radius 3 is 2.25 bits per heavy atom. The molecule has 1 saturated heterocycles. The van der Waals surface area contributed by atoms with E-state index in [9.17, 15) is 4.39 Å². The third kappa shape index (κ3) is 4.51. The summed E-state index contributed by atoms with van der Waals surface area (Å²) in [5.41, 5.74) is 0.0481. The lowest BCUT2D eigenvalue weighted by molar-refractivity contribution is 0.0559. The first-order valence-electron chi connectivity index (χ1n) is 6.58. The molecule has 5 heteroatoms. The molecule has 1 aliphatic rings. The molecule has 0 aromatic heterocycles. The second kappa shape index (κ2) is 6.08. The summed E-state index contributed by atoms with van der Waals surface area (Å²) in [4.78, 5) is 0. The Morgan fingerprint density at radius 1 is 1.20 bits per heavy atom. The highest BCUT2D eigenvalue weighted by atomic mass is 35.5. The van der Waals surface area contributed by atoms with Gasteiger partial charge < -0.3 is 10.1 Å². The number of hydrogen-bond acceptors (Lipinski definition) is 2. The van der Waals surface area contributed by atoms with Crippen molar-refractivity contribution >= 4 is 24.0 Å². The third-order valence-corrected chi connectivity index (χ3v) is 3.64. The van der Waals surface area contributed by atoms with E-state index in [1.165, 1.54) is 6.07 Å². The first kappa shape index (κ1) is 17.5. The number of piperidine rings is 1. The van der Waals surface area contributed by atoms with Crippen LogP contribution in [0.15, 0.2) is 18.2 Å². The highest BCUT2D eigenvalue weighted by Crippen LogP contribution is 2.32. The minimum Gasteiger partial charge on any atom is -0.490 e. The average Bonchev–Trinajstić information content (AvgIpc) is 2.18. The summed E-state index contributed by atoms with van der Waals surface area (Å²) in [6.07, 6.45) is 1.92. The number of benzene rings is 1. The standard InChI is InChI=1S/C15H21ClFNO.ClH/c1-14(2)8-11(9-15(3,4)18-14)19-10-5-6-13(17)12(16)7-10;/h5-7,11,18H,8-9H2,1-4H3;1H. The van der Waals surface area contributed by atoms with Crippen molar-refractivity contribution in [1.29, 1.82) is 0 Å². The maximum atomic E-state index is 13.1. The second-order valence-electron chi connectivity index (χ2n) is 6.62. The molecular weight excluding hydrogens is 300 g/mol.